The summed E-state index contributed by atoms with van der Waals surface area (Å²) in [5, 5.41) is 1.95. The fourth-order valence-electron chi connectivity index (χ4n) is 1.92. The monoisotopic (exact) mass is 321 g/mol. The quantitative estimate of drug-likeness (QED) is 0.780. The van der Waals surface area contributed by atoms with Crippen molar-refractivity contribution in [1.29, 1.82) is 0 Å². The molecule has 0 bridgehead atoms. The van der Waals surface area contributed by atoms with Gasteiger partial charge in [0.2, 0.25) is 0 Å². The van der Waals surface area contributed by atoms with E-state index in [4.69, 9.17) is 4.74 Å². The molecule has 0 aromatic heterocycles. The lowest BCUT2D eigenvalue weighted by Crippen LogP contribution is -2.39. The molecule has 6 nitrogen and oxygen atoms in total. The summed E-state index contributed by atoms with van der Waals surface area (Å²) >= 11 is 0. The second-order valence-corrected chi connectivity index (χ2v) is 5.21. The number of hydrogen-bond donors (Lipinski definition) is 1. The maximum Gasteiger partial charge on any atom is 0.413 e. The number of imide groups is 1. The summed E-state index contributed by atoms with van der Waals surface area (Å²) < 4.78 is 9.30. The number of aryl methyl sites for hydroxylation is 1. The Morgan fingerprint density at radius 2 is 1.74 bits per heavy atom. The van der Waals surface area contributed by atoms with Gasteiger partial charge in [0, 0.05) is 0 Å². The predicted molar refractivity (Wildman–Crippen MR) is 84.9 cm³/mol. The fourth-order valence-corrected chi connectivity index (χ4v) is 1.92. The van der Waals surface area contributed by atoms with Crippen LogP contribution in [0, 0.1) is 0 Å². The minimum Gasteiger partial charge on any atom is -0.453 e. The average Bonchev–Trinajstić information content (AvgIpc) is 2.53. The van der Waals surface area contributed by atoms with E-state index in [2.05, 4.69) is 11.7 Å². The van der Waals surface area contributed by atoms with E-state index >= 15 is 0 Å². The smallest absolute Gasteiger partial charge is 0.413 e. The maximum atomic E-state index is 11.8. The standard InChI is InChI=1S/C17H23NO5/c1-4-5-6-13-7-9-14(10-8-13)11-15(19)23-12(2)16(20)18-17(21)22-3/h7-10,12H,4-6,11H2,1-3H3,(H,18,20,21)/t12-/m0/s1. The Kier molecular flexibility index (Phi) is 7.80. The topological polar surface area (TPSA) is 81.7 Å². The summed E-state index contributed by atoms with van der Waals surface area (Å²) in [7, 11) is 1.14. The molecule has 0 saturated carbocycles. The average molecular weight is 321 g/mol. The van der Waals surface area contributed by atoms with Crippen molar-refractivity contribution in [2.75, 3.05) is 7.11 Å². The van der Waals surface area contributed by atoms with Gasteiger partial charge in [-0.15, -0.1) is 0 Å². The highest BCUT2D eigenvalue weighted by Gasteiger charge is 2.20. The van der Waals surface area contributed by atoms with Crippen LogP contribution in [0.2, 0.25) is 0 Å². The summed E-state index contributed by atoms with van der Waals surface area (Å²) in [5.41, 5.74) is 2.05. The second kappa shape index (κ2) is 9.61. The van der Waals surface area contributed by atoms with Crippen LogP contribution >= 0.6 is 0 Å². The van der Waals surface area contributed by atoms with Gasteiger partial charge in [-0.05, 0) is 30.9 Å². The lowest BCUT2D eigenvalue weighted by atomic mass is 10.1. The van der Waals surface area contributed by atoms with Crippen molar-refractivity contribution in [2.45, 2.75) is 45.6 Å². The third-order valence-electron chi connectivity index (χ3n) is 3.28. The van der Waals surface area contributed by atoms with Crippen LogP contribution in [0.3, 0.4) is 0 Å². The molecule has 0 aliphatic rings. The first-order chi connectivity index (χ1) is 11.0. The Balaban J connectivity index is 2.46. The van der Waals surface area contributed by atoms with Gasteiger partial charge in [0.1, 0.15) is 0 Å². The molecule has 0 aliphatic heterocycles. The van der Waals surface area contributed by atoms with E-state index in [1.165, 1.54) is 12.5 Å². The molecular formula is C17H23NO5. The Labute approximate surface area is 136 Å². The zero-order valence-corrected chi connectivity index (χ0v) is 13.8. The largest absolute Gasteiger partial charge is 0.453 e. The van der Waals surface area contributed by atoms with Crippen LogP contribution in [0.25, 0.3) is 0 Å². The molecule has 2 amide bonds. The summed E-state index contributed by atoms with van der Waals surface area (Å²) in [4.78, 5) is 34.3. The number of hydrogen-bond acceptors (Lipinski definition) is 5. The highest BCUT2D eigenvalue weighted by molar-refractivity contribution is 5.95. The van der Waals surface area contributed by atoms with E-state index in [-0.39, 0.29) is 6.42 Å². The highest BCUT2D eigenvalue weighted by Crippen LogP contribution is 2.09. The molecule has 0 aliphatic carbocycles. The van der Waals surface area contributed by atoms with Crippen molar-refractivity contribution >= 4 is 18.0 Å². The van der Waals surface area contributed by atoms with Crippen molar-refractivity contribution in [2.24, 2.45) is 0 Å². The number of nitrogens with one attached hydrogen (secondary N) is 1. The Hall–Kier alpha value is -2.37. The number of unbranched alkanes of at least 4 members (excludes halogenated alkanes) is 1. The number of ether oxygens (including phenoxy) is 2. The molecule has 1 rings (SSSR count). The molecule has 1 N–H and O–H groups in total. The van der Waals surface area contributed by atoms with Crippen molar-refractivity contribution in [3.8, 4) is 0 Å². The molecule has 0 fully saturated rings. The van der Waals surface area contributed by atoms with Gasteiger partial charge < -0.3 is 9.47 Å². The van der Waals surface area contributed by atoms with Crippen molar-refractivity contribution in [3.63, 3.8) is 0 Å². The Morgan fingerprint density at radius 3 is 2.30 bits per heavy atom. The van der Waals surface area contributed by atoms with E-state index < -0.39 is 24.1 Å². The summed E-state index contributed by atoms with van der Waals surface area (Å²) in [6.07, 6.45) is 1.41. The lowest BCUT2D eigenvalue weighted by molar-refractivity contribution is -0.153. The number of rotatable bonds is 7. The maximum absolute atomic E-state index is 11.8. The fraction of sp³-hybridized carbons (Fsp3) is 0.471. The minimum atomic E-state index is -1.06. The first-order valence-electron chi connectivity index (χ1n) is 7.62. The Morgan fingerprint density at radius 1 is 1.13 bits per heavy atom. The summed E-state index contributed by atoms with van der Waals surface area (Å²) in [6, 6.07) is 7.74. The molecule has 0 radical (unpaired) electrons. The molecule has 1 atom stereocenters. The van der Waals surface area contributed by atoms with Crippen molar-refractivity contribution in [1.82, 2.24) is 5.32 Å². The van der Waals surface area contributed by atoms with Gasteiger partial charge in [-0.3, -0.25) is 14.9 Å². The number of amides is 2. The highest BCUT2D eigenvalue weighted by atomic mass is 16.6. The van der Waals surface area contributed by atoms with Gasteiger partial charge in [-0.25, -0.2) is 4.79 Å². The third kappa shape index (κ3) is 6.95. The molecule has 6 heteroatoms. The van der Waals surface area contributed by atoms with Gasteiger partial charge in [0.25, 0.3) is 5.91 Å². The van der Waals surface area contributed by atoms with Gasteiger partial charge in [0.05, 0.1) is 13.5 Å². The zero-order valence-electron chi connectivity index (χ0n) is 13.8. The van der Waals surface area contributed by atoms with Crippen molar-refractivity contribution < 1.29 is 23.9 Å². The minimum absolute atomic E-state index is 0.0733. The second-order valence-electron chi connectivity index (χ2n) is 5.21. The number of esters is 1. The van der Waals surface area contributed by atoms with Crippen LogP contribution in [-0.2, 0) is 31.9 Å². The molecule has 0 heterocycles. The molecule has 0 spiro atoms. The summed E-state index contributed by atoms with van der Waals surface area (Å²) in [5.74, 6) is -1.25. The van der Waals surface area contributed by atoms with Crippen LogP contribution in [0.1, 0.15) is 37.8 Å². The van der Waals surface area contributed by atoms with E-state index in [1.807, 2.05) is 29.6 Å². The predicted octanol–water partition coefficient (Wildman–Crippen LogP) is 2.39. The first-order valence-corrected chi connectivity index (χ1v) is 7.62. The molecule has 0 saturated heterocycles. The first kappa shape index (κ1) is 18.7. The zero-order chi connectivity index (χ0) is 17.2. The summed E-state index contributed by atoms with van der Waals surface area (Å²) in [6.45, 7) is 3.53. The number of methoxy groups -OCH3 is 1. The van der Waals surface area contributed by atoms with E-state index in [0.29, 0.717) is 0 Å². The molecule has 126 valence electrons. The molecule has 0 unspecified atom stereocenters. The van der Waals surface area contributed by atoms with Crippen LogP contribution in [0.5, 0.6) is 0 Å². The third-order valence-corrected chi connectivity index (χ3v) is 3.28. The number of carbonyl (C=O) groups excluding carboxylic acids is 3. The van der Waals surface area contributed by atoms with Crippen LogP contribution in [-0.4, -0.2) is 31.2 Å². The van der Waals surface area contributed by atoms with Gasteiger partial charge >= 0.3 is 12.1 Å². The van der Waals surface area contributed by atoms with Crippen LogP contribution in [0.15, 0.2) is 24.3 Å². The van der Waals surface area contributed by atoms with E-state index in [0.717, 1.165) is 31.9 Å². The van der Waals surface area contributed by atoms with E-state index in [9.17, 15) is 14.4 Å². The Bertz CT molecular complexity index is 538. The number of carbonyl (C=O) groups is 3. The van der Waals surface area contributed by atoms with Crippen LogP contribution < -0.4 is 5.32 Å². The van der Waals surface area contributed by atoms with Gasteiger partial charge in [0.15, 0.2) is 6.10 Å². The molecule has 1 aromatic rings. The normalized spacial score (nSPS) is 11.4. The SMILES string of the molecule is CCCCc1ccc(CC(=O)O[C@@H](C)C(=O)NC(=O)OC)cc1. The molecule has 23 heavy (non-hydrogen) atoms. The number of alkyl carbamates (subject to hydrolysis) is 1. The van der Waals surface area contributed by atoms with Gasteiger partial charge in [-0.1, -0.05) is 37.6 Å². The number of benzene rings is 1. The van der Waals surface area contributed by atoms with Crippen LogP contribution in [0.4, 0.5) is 4.79 Å². The van der Waals surface area contributed by atoms with Gasteiger partial charge in [-0.2, -0.15) is 0 Å². The lowest BCUT2D eigenvalue weighted by Gasteiger charge is -2.12. The van der Waals surface area contributed by atoms with E-state index in [1.54, 1.807) is 0 Å². The molecular weight excluding hydrogens is 298 g/mol. The van der Waals surface area contributed by atoms with Crippen molar-refractivity contribution in [3.05, 3.63) is 35.4 Å². The molecule has 1 aromatic carbocycles.